The Morgan fingerprint density at radius 3 is 2.44 bits per heavy atom. The number of aromatic nitrogens is 1. The van der Waals surface area contributed by atoms with Crippen LogP contribution in [0.3, 0.4) is 0 Å². The zero-order valence-electron chi connectivity index (χ0n) is 16.9. The number of halogens is 1. The average Bonchev–Trinajstić information content (AvgIpc) is 2.76. The highest BCUT2D eigenvalue weighted by molar-refractivity contribution is 6.05. The van der Waals surface area contributed by atoms with Gasteiger partial charge in [-0.3, -0.25) is 9.59 Å². The van der Waals surface area contributed by atoms with E-state index in [1.165, 1.54) is 36.4 Å². The van der Waals surface area contributed by atoms with Crippen LogP contribution in [0.1, 0.15) is 40.9 Å². The van der Waals surface area contributed by atoms with Gasteiger partial charge in [0.25, 0.3) is 5.91 Å². The highest BCUT2D eigenvalue weighted by Crippen LogP contribution is 2.45. The van der Waals surface area contributed by atoms with Crippen LogP contribution >= 0.6 is 0 Å². The Labute approximate surface area is 183 Å². The van der Waals surface area contributed by atoms with Gasteiger partial charge in [-0.1, -0.05) is 12.5 Å². The Bertz CT molecular complexity index is 1230. The van der Waals surface area contributed by atoms with Crippen LogP contribution < -0.4 is 10.6 Å². The van der Waals surface area contributed by atoms with Crippen LogP contribution in [0, 0.1) is 17.1 Å². The van der Waals surface area contributed by atoms with Crippen molar-refractivity contribution in [1.82, 2.24) is 4.98 Å². The number of rotatable bonds is 5. The van der Waals surface area contributed by atoms with E-state index in [1.807, 2.05) is 6.07 Å². The molecular weight excluding hydrogens is 411 g/mol. The molecule has 1 aliphatic carbocycles. The Balaban J connectivity index is 1.53. The van der Waals surface area contributed by atoms with Crippen molar-refractivity contribution in [2.75, 3.05) is 10.6 Å². The molecule has 0 unspecified atom stereocenters. The second-order valence-corrected chi connectivity index (χ2v) is 7.61. The number of pyridine rings is 1. The van der Waals surface area contributed by atoms with E-state index in [0.29, 0.717) is 29.8 Å². The molecular formula is C24H19FN4O3. The van der Waals surface area contributed by atoms with E-state index in [0.717, 1.165) is 6.42 Å². The number of amides is 2. The van der Waals surface area contributed by atoms with E-state index in [-0.39, 0.29) is 17.2 Å². The minimum Gasteiger partial charge on any atom is -0.492 e. The molecule has 2 amide bonds. The van der Waals surface area contributed by atoms with Crippen molar-refractivity contribution in [3.05, 3.63) is 83.3 Å². The maximum atomic E-state index is 13.1. The summed E-state index contributed by atoms with van der Waals surface area (Å²) in [6.45, 7) is 0. The van der Waals surface area contributed by atoms with Crippen LogP contribution in [0.4, 0.5) is 15.8 Å². The number of carbonyl (C=O) groups is 2. The molecule has 0 radical (unpaired) electrons. The topological polar surface area (TPSA) is 115 Å². The standard InChI is InChI=1S/C24H19FN4O3/c25-17-5-7-18(8-6-17)27-23(32)24(11-2-12-24)20-10-9-19(22(31)29-20)28-21(30)16-4-1-3-15(13-16)14-26/h1,3-10,13H,2,11-12H2,(H,27,32)(H,28,30)(H,29,31). The van der Waals surface area contributed by atoms with Gasteiger partial charge in [0.1, 0.15) is 11.5 Å². The van der Waals surface area contributed by atoms with Crippen molar-refractivity contribution in [2.24, 2.45) is 0 Å². The van der Waals surface area contributed by atoms with Crippen molar-refractivity contribution in [2.45, 2.75) is 24.7 Å². The Kier molecular flexibility index (Phi) is 5.56. The molecule has 1 fully saturated rings. The summed E-state index contributed by atoms with van der Waals surface area (Å²) in [6, 6.07) is 16.7. The van der Waals surface area contributed by atoms with E-state index in [9.17, 15) is 19.1 Å². The second-order valence-electron chi connectivity index (χ2n) is 7.61. The molecule has 1 aliphatic rings. The minimum atomic E-state index is -0.907. The Morgan fingerprint density at radius 2 is 1.81 bits per heavy atom. The quantitative estimate of drug-likeness (QED) is 0.563. The van der Waals surface area contributed by atoms with E-state index < -0.39 is 23.0 Å². The fraction of sp³-hybridized carbons (Fsp3) is 0.167. The van der Waals surface area contributed by atoms with E-state index >= 15 is 0 Å². The van der Waals surface area contributed by atoms with Crippen LogP contribution in [-0.2, 0) is 10.2 Å². The number of hydrogen-bond donors (Lipinski definition) is 3. The lowest BCUT2D eigenvalue weighted by Crippen LogP contribution is -2.46. The van der Waals surface area contributed by atoms with Crippen molar-refractivity contribution in [3.63, 3.8) is 0 Å². The number of carbonyl (C=O) groups excluding carboxylic acids is 2. The maximum Gasteiger partial charge on any atom is 0.255 e. The van der Waals surface area contributed by atoms with Gasteiger partial charge in [-0.25, -0.2) is 9.37 Å². The molecule has 32 heavy (non-hydrogen) atoms. The summed E-state index contributed by atoms with van der Waals surface area (Å²) in [5.41, 5.74) is 0.654. The van der Waals surface area contributed by atoms with Gasteiger partial charge in [0.05, 0.1) is 22.7 Å². The van der Waals surface area contributed by atoms with E-state index in [2.05, 4.69) is 15.6 Å². The second kappa shape index (κ2) is 8.47. The van der Waals surface area contributed by atoms with Gasteiger partial charge in [-0.2, -0.15) is 5.26 Å². The fourth-order valence-electron chi connectivity index (χ4n) is 3.65. The Hall–Kier alpha value is -4.25. The van der Waals surface area contributed by atoms with E-state index in [4.69, 9.17) is 5.26 Å². The molecule has 3 N–H and O–H groups in total. The number of aromatic hydroxyl groups is 1. The summed E-state index contributed by atoms with van der Waals surface area (Å²) >= 11 is 0. The van der Waals surface area contributed by atoms with Crippen molar-refractivity contribution < 1.29 is 19.1 Å². The molecule has 1 aromatic heterocycles. The summed E-state index contributed by atoms with van der Waals surface area (Å²) in [4.78, 5) is 29.7. The molecule has 0 atom stereocenters. The lowest BCUT2D eigenvalue weighted by Gasteiger charge is -2.39. The van der Waals surface area contributed by atoms with Crippen LogP contribution in [0.5, 0.6) is 5.88 Å². The van der Waals surface area contributed by atoms with Gasteiger partial charge in [-0.05, 0) is 67.4 Å². The zero-order chi connectivity index (χ0) is 22.7. The monoisotopic (exact) mass is 430 g/mol. The van der Waals surface area contributed by atoms with Gasteiger partial charge in [-0.15, -0.1) is 0 Å². The SMILES string of the molecule is N#Cc1cccc(C(=O)Nc2ccc(C3(C(=O)Nc4ccc(F)cc4)CCC3)nc2O)c1. The lowest BCUT2D eigenvalue weighted by atomic mass is 9.65. The normalized spacial score (nSPS) is 14.0. The summed E-state index contributed by atoms with van der Waals surface area (Å²) in [6.07, 6.45) is 1.94. The molecule has 8 heteroatoms. The first-order chi connectivity index (χ1) is 15.4. The predicted molar refractivity (Wildman–Crippen MR) is 116 cm³/mol. The van der Waals surface area contributed by atoms with Gasteiger partial charge in [0, 0.05) is 11.3 Å². The molecule has 3 aromatic rings. The highest BCUT2D eigenvalue weighted by atomic mass is 19.1. The molecule has 0 spiro atoms. The van der Waals surface area contributed by atoms with Gasteiger partial charge in [0.15, 0.2) is 0 Å². The molecule has 0 saturated heterocycles. The molecule has 0 aliphatic heterocycles. The van der Waals surface area contributed by atoms with Crippen molar-refractivity contribution in [1.29, 1.82) is 5.26 Å². The number of anilines is 2. The molecule has 1 heterocycles. The summed E-state index contributed by atoms with van der Waals surface area (Å²) in [5, 5.41) is 24.8. The molecule has 4 rings (SSSR count). The first kappa shape index (κ1) is 21.0. The van der Waals surface area contributed by atoms with Gasteiger partial charge >= 0.3 is 0 Å². The zero-order valence-corrected chi connectivity index (χ0v) is 16.9. The van der Waals surface area contributed by atoms with Crippen LogP contribution in [0.25, 0.3) is 0 Å². The third kappa shape index (κ3) is 4.01. The fourth-order valence-corrected chi connectivity index (χ4v) is 3.65. The molecule has 2 aromatic carbocycles. The average molecular weight is 430 g/mol. The van der Waals surface area contributed by atoms with Crippen LogP contribution in [-0.4, -0.2) is 21.9 Å². The third-order valence-corrected chi connectivity index (χ3v) is 5.61. The van der Waals surface area contributed by atoms with Crippen LogP contribution in [0.2, 0.25) is 0 Å². The first-order valence-corrected chi connectivity index (χ1v) is 10.0. The van der Waals surface area contributed by atoms with Crippen LogP contribution in [0.15, 0.2) is 60.7 Å². The number of nitrogens with one attached hydrogen (secondary N) is 2. The molecule has 160 valence electrons. The van der Waals surface area contributed by atoms with Gasteiger partial charge in [0.2, 0.25) is 11.8 Å². The maximum absolute atomic E-state index is 13.1. The molecule has 1 saturated carbocycles. The molecule has 0 bridgehead atoms. The predicted octanol–water partition coefficient (Wildman–Crippen LogP) is 4.11. The number of nitriles is 1. The summed E-state index contributed by atoms with van der Waals surface area (Å²) in [5.74, 6) is -1.59. The number of nitrogens with zero attached hydrogens (tertiary/aromatic N) is 2. The van der Waals surface area contributed by atoms with E-state index in [1.54, 1.807) is 24.3 Å². The number of hydrogen-bond acceptors (Lipinski definition) is 5. The minimum absolute atomic E-state index is 0.0922. The summed E-state index contributed by atoms with van der Waals surface area (Å²) < 4.78 is 13.1. The third-order valence-electron chi connectivity index (χ3n) is 5.61. The Morgan fingerprint density at radius 1 is 1.06 bits per heavy atom. The first-order valence-electron chi connectivity index (χ1n) is 10.0. The summed E-state index contributed by atoms with van der Waals surface area (Å²) in [7, 11) is 0. The highest BCUT2D eigenvalue weighted by Gasteiger charge is 2.47. The van der Waals surface area contributed by atoms with Crippen molar-refractivity contribution in [3.8, 4) is 11.9 Å². The van der Waals surface area contributed by atoms with Gasteiger partial charge < -0.3 is 15.7 Å². The largest absolute Gasteiger partial charge is 0.492 e. The lowest BCUT2D eigenvalue weighted by molar-refractivity contribution is -0.124. The number of benzene rings is 2. The van der Waals surface area contributed by atoms with Crippen molar-refractivity contribution >= 4 is 23.2 Å². The smallest absolute Gasteiger partial charge is 0.255 e. The molecule has 7 nitrogen and oxygen atoms in total.